The summed E-state index contributed by atoms with van der Waals surface area (Å²) in [6.45, 7) is 2.75. The minimum Gasteiger partial charge on any atom is -0.337 e. The molecule has 0 unspecified atom stereocenters. The summed E-state index contributed by atoms with van der Waals surface area (Å²) in [5, 5.41) is 0.545. The van der Waals surface area contributed by atoms with Crippen LogP contribution >= 0.6 is 11.6 Å². The largest absolute Gasteiger partial charge is 0.337 e. The fourth-order valence-corrected chi connectivity index (χ4v) is 3.28. The molecule has 0 atom stereocenters. The molecule has 0 aromatic heterocycles. The highest BCUT2D eigenvalue weighted by molar-refractivity contribution is 6.30. The predicted molar refractivity (Wildman–Crippen MR) is 102 cm³/mol. The Balaban J connectivity index is 1.65. The summed E-state index contributed by atoms with van der Waals surface area (Å²) in [6.07, 6.45) is 0.749. The number of nitrogens with zero attached hydrogens (tertiary/aromatic N) is 2. The fourth-order valence-electron chi connectivity index (χ4n) is 3.09. The van der Waals surface area contributed by atoms with E-state index in [0.717, 1.165) is 12.0 Å². The van der Waals surface area contributed by atoms with Crippen molar-refractivity contribution >= 4 is 23.4 Å². The van der Waals surface area contributed by atoms with Crippen molar-refractivity contribution in [2.45, 2.75) is 13.0 Å². The summed E-state index contributed by atoms with van der Waals surface area (Å²) in [5.74, 6) is -0.0558. The van der Waals surface area contributed by atoms with Crippen LogP contribution in [0.3, 0.4) is 0 Å². The van der Waals surface area contributed by atoms with Gasteiger partial charge in [0.2, 0.25) is 0 Å². The lowest BCUT2D eigenvalue weighted by molar-refractivity contribution is 0.0719. The van der Waals surface area contributed by atoms with Gasteiger partial charge in [0.15, 0.2) is 0 Å². The number of halogens is 1. The third kappa shape index (κ3) is 4.23. The Morgan fingerprint density at radius 3 is 2.08 bits per heavy atom. The molecular weight excluding hydrogens is 350 g/mol. The molecule has 2 aromatic rings. The first kappa shape index (κ1) is 18.4. The summed E-state index contributed by atoms with van der Waals surface area (Å²) in [7, 11) is 0. The Bertz CT molecular complexity index is 792. The lowest BCUT2D eigenvalue weighted by Gasteiger charge is -2.22. The van der Waals surface area contributed by atoms with Crippen LogP contribution in [0.15, 0.2) is 48.5 Å². The summed E-state index contributed by atoms with van der Waals surface area (Å²) in [6, 6.07) is 14.3. The lowest BCUT2D eigenvalue weighted by Crippen LogP contribution is -2.37. The molecule has 1 heterocycles. The summed E-state index contributed by atoms with van der Waals surface area (Å²) in [5.41, 5.74) is 7.82. The highest BCUT2D eigenvalue weighted by Crippen LogP contribution is 2.15. The maximum atomic E-state index is 12.7. The average Bonchev–Trinajstić information content (AvgIpc) is 2.93. The summed E-state index contributed by atoms with van der Waals surface area (Å²) < 4.78 is 0. The van der Waals surface area contributed by atoms with Gasteiger partial charge in [-0.1, -0.05) is 29.8 Å². The van der Waals surface area contributed by atoms with Crippen molar-refractivity contribution in [3.8, 4) is 0 Å². The second-order valence-electron chi connectivity index (χ2n) is 6.35. The maximum Gasteiger partial charge on any atom is 0.253 e. The third-order valence-electron chi connectivity index (χ3n) is 4.58. The molecule has 1 aliphatic rings. The lowest BCUT2D eigenvalue weighted by atomic mass is 10.1. The van der Waals surface area contributed by atoms with E-state index in [9.17, 15) is 9.59 Å². The molecule has 0 bridgehead atoms. The van der Waals surface area contributed by atoms with Gasteiger partial charge in [-0.15, -0.1) is 0 Å². The van der Waals surface area contributed by atoms with Gasteiger partial charge in [-0.2, -0.15) is 0 Å². The van der Waals surface area contributed by atoms with Crippen LogP contribution in [0.25, 0.3) is 0 Å². The number of nitrogens with two attached hydrogens (primary N) is 1. The van der Waals surface area contributed by atoms with E-state index in [4.69, 9.17) is 17.3 Å². The van der Waals surface area contributed by atoms with E-state index >= 15 is 0 Å². The molecule has 1 aliphatic heterocycles. The molecule has 0 aliphatic carbocycles. The molecule has 0 spiro atoms. The van der Waals surface area contributed by atoms with E-state index in [1.165, 1.54) is 0 Å². The van der Waals surface area contributed by atoms with Crippen LogP contribution in [-0.2, 0) is 6.54 Å². The Hall–Kier alpha value is -2.37. The van der Waals surface area contributed by atoms with Gasteiger partial charge in [0.05, 0.1) is 0 Å². The summed E-state index contributed by atoms with van der Waals surface area (Å²) >= 11 is 5.98. The van der Waals surface area contributed by atoms with Crippen molar-refractivity contribution in [2.75, 3.05) is 26.2 Å². The molecule has 5 nitrogen and oxygen atoms in total. The van der Waals surface area contributed by atoms with Gasteiger partial charge < -0.3 is 15.5 Å². The zero-order chi connectivity index (χ0) is 18.5. The number of amides is 2. The molecule has 1 saturated heterocycles. The first-order valence-electron chi connectivity index (χ1n) is 8.71. The smallest absolute Gasteiger partial charge is 0.253 e. The van der Waals surface area contributed by atoms with Gasteiger partial charge in [-0.3, -0.25) is 9.59 Å². The predicted octanol–water partition coefficient (Wildman–Crippen LogP) is 2.79. The highest BCUT2D eigenvalue weighted by Gasteiger charge is 2.23. The van der Waals surface area contributed by atoms with Gasteiger partial charge in [-0.05, 0) is 42.3 Å². The number of benzene rings is 2. The van der Waals surface area contributed by atoms with Crippen LogP contribution in [0.2, 0.25) is 5.02 Å². The van der Waals surface area contributed by atoms with Crippen LogP contribution in [0, 0.1) is 0 Å². The second kappa shape index (κ2) is 8.34. The third-order valence-corrected chi connectivity index (χ3v) is 4.81. The zero-order valence-electron chi connectivity index (χ0n) is 14.5. The van der Waals surface area contributed by atoms with Crippen molar-refractivity contribution in [1.29, 1.82) is 0 Å². The number of hydrogen-bond acceptors (Lipinski definition) is 3. The van der Waals surface area contributed by atoms with E-state index in [-0.39, 0.29) is 11.8 Å². The minimum absolute atomic E-state index is 0.00868. The van der Waals surface area contributed by atoms with Crippen molar-refractivity contribution < 1.29 is 9.59 Å². The van der Waals surface area contributed by atoms with Crippen LogP contribution < -0.4 is 5.73 Å². The molecule has 2 amide bonds. The molecule has 6 heteroatoms. The quantitative estimate of drug-likeness (QED) is 0.902. The number of hydrogen-bond donors (Lipinski definition) is 1. The van der Waals surface area contributed by atoms with Gasteiger partial charge in [0.1, 0.15) is 0 Å². The first-order chi connectivity index (χ1) is 12.6. The molecular formula is C20H22ClN3O2. The van der Waals surface area contributed by atoms with Crippen molar-refractivity contribution in [2.24, 2.45) is 5.73 Å². The molecule has 2 aromatic carbocycles. The number of carbonyl (C=O) groups is 2. The second-order valence-corrected chi connectivity index (χ2v) is 6.79. The Labute approximate surface area is 158 Å². The molecule has 26 heavy (non-hydrogen) atoms. The molecule has 3 rings (SSSR count). The Kier molecular flexibility index (Phi) is 5.91. The molecule has 0 saturated carbocycles. The van der Waals surface area contributed by atoms with Crippen molar-refractivity contribution in [3.05, 3.63) is 70.2 Å². The van der Waals surface area contributed by atoms with Crippen molar-refractivity contribution in [1.82, 2.24) is 9.80 Å². The molecule has 136 valence electrons. The summed E-state index contributed by atoms with van der Waals surface area (Å²) in [4.78, 5) is 29.0. The molecule has 2 N–H and O–H groups in total. The topological polar surface area (TPSA) is 66.6 Å². The standard InChI is InChI=1S/C20H22ClN3O2/c21-18-4-1-3-17(13-18)20(26)24-10-2-9-23(11-12-24)19(25)16-7-5-15(14-22)6-8-16/h1,3-8,13H,2,9-12,14,22H2. The van der Waals surface area contributed by atoms with E-state index in [0.29, 0.717) is 48.9 Å². The van der Waals surface area contributed by atoms with E-state index < -0.39 is 0 Å². The number of carbonyl (C=O) groups excluding carboxylic acids is 2. The first-order valence-corrected chi connectivity index (χ1v) is 9.09. The van der Waals surface area contributed by atoms with E-state index in [1.807, 2.05) is 29.2 Å². The Morgan fingerprint density at radius 2 is 1.50 bits per heavy atom. The maximum absolute atomic E-state index is 12.7. The van der Waals surface area contributed by atoms with Gasteiger partial charge in [0.25, 0.3) is 11.8 Å². The van der Waals surface area contributed by atoms with E-state index in [1.54, 1.807) is 29.2 Å². The number of rotatable bonds is 3. The van der Waals surface area contributed by atoms with Gasteiger partial charge in [-0.25, -0.2) is 0 Å². The monoisotopic (exact) mass is 371 g/mol. The molecule has 0 radical (unpaired) electrons. The van der Waals surface area contributed by atoms with Crippen LogP contribution in [0.4, 0.5) is 0 Å². The van der Waals surface area contributed by atoms with Crippen LogP contribution in [0.1, 0.15) is 32.7 Å². The SMILES string of the molecule is NCc1ccc(C(=O)N2CCCN(C(=O)c3cccc(Cl)c3)CC2)cc1. The highest BCUT2D eigenvalue weighted by atomic mass is 35.5. The fraction of sp³-hybridized carbons (Fsp3) is 0.300. The van der Waals surface area contributed by atoms with Gasteiger partial charge >= 0.3 is 0 Å². The van der Waals surface area contributed by atoms with Gasteiger partial charge in [0, 0.05) is 48.9 Å². The molecule has 1 fully saturated rings. The Morgan fingerprint density at radius 1 is 0.885 bits per heavy atom. The van der Waals surface area contributed by atoms with Crippen molar-refractivity contribution in [3.63, 3.8) is 0 Å². The minimum atomic E-state index is -0.0471. The average molecular weight is 372 g/mol. The van der Waals surface area contributed by atoms with E-state index in [2.05, 4.69) is 0 Å². The van der Waals surface area contributed by atoms with Crippen LogP contribution in [0.5, 0.6) is 0 Å². The normalized spacial score (nSPS) is 14.8. The van der Waals surface area contributed by atoms with Crippen LogP contribution in [-0.4, -0.2) is 47.8 Å². The zero-order valence-corrected chi connectivity index (χ0v) is 15.3.